The van der Waals surface area contributed by atoms with Crippen molar-refractivity contribution in [3.05, 3.63) is 17.1 Å². The third-order valence-electron chi connectivity index (χ3n) is 2.22. The van der Waals surface area contributed by atoms with E-state index in [1.54, 1.807) is 0 Å². The van der Waals surface area contributed by atoms with Gasteiger partial charge in [0.2, 0.25) is 10.0 Å². The molecule has 7 nitrogen and oxygen atoms in total. The second-order valence-corrected chi connectivity index (χ2v) is 6.80. The number of sulfonamides is 1. The van der Waals surface area contributed by atoms with Crippen LogP contribution in [0.3, 0.4) is 0 Å². The van der Waals surface area contributed by atoms with Gasteiger partial charge in [-0.3, -0.25) is 0 Å². The van der Waals surface area contributed by atoms with Crippen molar-refractivity contribution in [1.82, 2.24) is 19.9 Å². The minimum absolute atomic E-state index is 0.0245. The number of alkyl halides is 2. The summed E-state index contributed by atoms with van der Waals surface area (Å²) >= 11 is 1.08. The van der Waals surface area contributed by atoms with Crippen molar-refractivity contribution in [2.45, 2.75) is 19.9 Å². The lowest BCUT2D eigenvalue weighted by molar-refractivity contribution is 0.116. The van der Waals surface area contributed by atoms with E-state index in [1.807, 2.05) is 0 Å². The summed E-state index contributed by atoms with van der Waals surface area (Å²) in [6, 6.07) is 0. The van der Waals surface area contributed by atoms with Gasteiger partial charge in [0.05, 0.1) is 18.5 Å². The standard InChI is InChI=1S/C9H10F2N4O3S2/c1-2-20(16,17)13-4-6-12-3-5(19-6)8-14-15-9(18-8)7(10)11/h3,7,13H,2,4H2,1H3. The summed E-state index contributed by atoms with van der Waals surface area (Å²) in [4.78, 5) is 4.36. The molecule has 0 saturated heterocycles. The van der Waals surface area contributed by atoms with Crippen LogP contribution < -0.4 is 4.72 Å². The summed E-state index contributed by atoms with van der Waals surface area (Å²) in [5.41, 5.74) is 0. The Morgan fingerprint density at radius 1 is 1.45 bits per heavy atom. The largest absolute Gasteiger partial charge is 0.414 e. The van der Waals surface area contributed by atoms with Crippen molar-refractivity contribution in [2.75, 3.05) is 5.75 Å². The summed E-state index contributed by atoms with van der Waals surface area (Å²) in [6.45, 7) is 1.54. The Morgan fingerprint density at radius 2 is 2.20 bits per heavy atom. The number of halogens is 2. The zero-order valence-electron chi connectivity index (χ0n) is 10.2. The first-order chi connectivity index (χ1) is 9.41. The molecule has 0 aliphatic heterocycles. The van der Waals surface area contributed by atoms with Crippen LogP contribution in [0.5, 0.6) is 0 Å². The number of aromatic nitrogens is 3. The highest BCUT2D eigenvalue weighted by Crippen LogP contribution is 2.27. The molecular formula is C9H10F2N4O3S2. The van der Waals surface area contributed by atoms with Gasteiger partial charge in [-0.05, 0) is 6.92 Å². The monoisotopic (exact) mass is 324 g/mol. The normalized spacial score (nSPS) is 12.2. The Kier molecular flexibility index (Phi) is 4.40. The molecule has 2 aromatic heterocycles. The van der Waals surface area contributed by atoms with Crippen molar-refractivity contribution >= 4 is 21.4 Å². The van der Waals surface area contributed by atoms with Gasteiger partial charge in [-0.15, -0.1) is 21.5 Å². The van der Waals surface area contributed by atoms with E-state index in [4.69, 9.17) is 4.42 Å². The molecule has 0 fully saturated rings. The fourth-order valence-corrected chi connectivity index (χ4v) is 2.62. The lowest BCUT2D eigenvalue weighted by atomic mass is 10.5. The zero-order valence-corrected chi connectivity index (χ0v) is 11.8. The highest BCUT2D eigenvalue weighted by Gasteiger charge is 2.18. The summed E-state index contributed by atoms with van der Waals surface area (Å²) in [5, 5.41) is 7.15. The number of hydrogen-bond donors (Lipinski definition) is 1. The molecule has 1 N–H and O–H groups in total. The molecule has 110 valence electrons. The molecule has 0 aromatic carbocycles. The predicted molar refractivity (Wildman–Crippen MR) is 66.7 cm³/mol. The van der Waals surface area contributed by atoms with Crippen LogP contribution in [0.25, 0.3) is 10.8 Å². The first-order valence-corrected chi connectivity index (χ1v) is 7.92. The van der Waals surface area contributed by atoms with Crippen LogP contribution in [-0.4, -0.2) is 29.4 Å². The van der Waals surface area contributed by atoms with Crippen LogP contribution in [0.2, 0.25) is 0 Å². The summed E-state index contributed by atoms with van der Waals surface area (Å²) in [6.07, 6.45) is -1.47. The molecule has 0 aliphatic carbocycles. The van der Waals surface area contributed by atoms with Gasteiger partial charge in [-0.2, -0.15) is 8.78 Å². The van der Waals surface area contributed by atoms with Gasteiger partial charge >= 0.3 is 6.43 Å². The Hall–Kier alpha value is -1.46. The third kappa shape index (κ3) is 3.55. The van der Waals surface area contributed by atoms with Gasteiger partial charge in [0.25, 0.3) is 11.8 Å². The van der Waals surface area contributed by atoms with E-state index in [-0.39, 0.29) is 18.2 Å². The van der Waals surface area contributed by atoms with Gasteiger partial charge in [0.15, 0.2) is 0 Å². The highest BCUT2D eigenvalue weighted by atomic mass is 32.2. The average Bonchev–Trinajstić information content (AvgIpc) is 3.05. The van der Waals surface area contributed by atoms with Crippen LogP contribution in [0.1, 0.15) is 24.2 Å². The quantitative estimate of drug-likeness (QED) is 0.866. The van der Waals surface area contributed by atoms with Gasteiger partial charge in [0, 0.05) is 0 Å². The van der Waals surface area contributed by atoms with E-state index in [0.29, 0.717) is 9.88 Å². The number of hydrogen-bond acceptors (Lipinski definition) is 7. The first kappa shape index (κ1) is 14.9. The molecule has 0 amide bonds. The number of thiazole rings is 1. The molecule has 0 saturated carbocycles. The zero-order chi connectivity index (χ0) is 14.8. The SMILES string of the molecule is CCS(=O)(=O)NCc1ncc(-c2nnc(C(F)F)o2)s1. The summed E-state index contributed by atoms with van der Waals surface area (Å²) in [7, 11) is -3.31. The van der Waals surface area contributed by atoms with Crippen LogP contribution in [0.4, 0.5) is 8.78 Å². The van der Waals surface area contributed by atoms with Crippen LogP contribution in [0.15, 0.2) is 10.6 Å². The van der Waals surface area contributed by atoms with Crippen LogP contribution >= 0.6 is 11.3 Å². The maximum Gasteiger partial charge on any atom is 0.314 e. The van der Waals surface area contributed by atoms with Crippen LogP contribution in [0, 0.1) is 0 Å². The van der Waals surface area contributed by atoms with E-state index in [2.05, 4.69) is 19.9 Å². The van der Waals surface area contributed by atoms with E-state index in [9.17, 15) is 17.2 Å². The molecule has 0 aliphatic rings. The molecule has 0 radical (unpaired) electrons. The van der Waals surface area contributed by atoms with Crippen molar-refractivity contribution in [3.8, 4) is 10.8 Å². The Morgan fingerprint density at radius 3 is 2.80 bits per heavy atom. The van der Waals surface area contributed by atoms with Crippen molar-refractivity contribution in [2.24, 2.45) is 0 Å². The van der Waals surface area contributed by atoms with E-state index in [0.717, 1.165) is 11.3 Å². The van der Waals surface area contributed by atoms with E-state index >= 15 is 0 Å². The molecule has 0 spiro atoms. The number of rotatable bonds is 6. The lowest BCUT2D eigenvalue weighted by Gasteiger charge is -2.00. The molecular weight excluding hydrogens is 314 g/mol. The molecule has 2 aromatic rings. The minimum atomic E-state index is -3.31. The van der Waals surface area contributed by atoms with Crippen molar-refractivity contribution in [3.63, 3.8) is 0 Å². The van der Waals surface area contributed by atoms with E-state index < -0.39 is 22.3 Å². The first-order valence-electron chi connectivity index (χ1n) is 5.45. The average molecular weight is 324 g/mol. The second-order valence-electron chi connectivity index (χ2n) is 3.59. The molecule has 0 unspecified atom stereocenters. The minimum Gasteiger partial charge on any atom is -0.414 e. The van der Waals surface area contributed by atoms with Gasteiger partial charge < -0.3 is 4.42 Å². The van der Waals surface area contributed by atoms with Gasteiger partial charge in [0.1, 0.15) is 9.88 Å². The highest BCUT2D eigenvalue weighted by molar-refractivity contribution is 7.89. The molecule has 20 heavy (non-hydrogen) atoms. The maximum atomic E-state index is 12.3. The van der Waals surface area contributed by atoms with Crippen molar-refractivity contribution < 1.29 is 21.6 Å². The van der Waals surface area contributed by atoms with Crippen LogP contribution in [-0.2, 0) is 16.6 Å². The maximum absolute atomic E-state index is 12.3. The Balaban J connectivity index is 2.08. The number of nitrogens with zero attached hydrogens (tertiary/aromatic N) is 3. The molecule has 2 rings (SSSR count). The topological polar surface area (TPSA) is 98.0 Å². The fourth-order valence-electron chi connectivity index (χ4n) is 1.19. The Labute approximate surface area is 117 Å². The molecule has 11 heteroatoms. The van der Waals surface area contributed by atoms with Crippen molar-refractivity contribution in [1.29, 1.82) is 0 Å². The molecule has 0 atom stereocenters. The van der Waals surface area contributed by atoms with E-state index in [1.165, 1.54) is 13.1 Å². The lowest BCUT2D eigenvalue weighted by Crippen LogP contribution is -2.24. The second kappa shape index (κ2) is 5.89. The fraction of sp³-hybridized carbons (Fsp3) is 0.444. The third-order valence-corrected chi connectivity index (χ3v) is 4.54. The predicted octanol–water partition coefficient (Wildman–Crippen LogP) is 1.57. The Bertz CT molecular complexity index is 683. The molecule has 2 heterocycles. The van der Waals surface area contributed by atoms with Gasteiger partial charge in [-0.25, -0.2) is 18.1 Å². The van der Waals surface area contributed by atoms with Gasteiger partial charge in [-0.1, -0.05) is 0 Å². The molecule has 0 bridgehead atoms. The smallest absolute Gasteiger partial charge is 0.314 e. The number of nitrogens with one attached hydrogen (secondary N) is 1. The summed E-state index contributed by atoms with van der Waals surface area (Å²) in [5.74, 6) is -0.865. The summed E-state index contributed by atoms with van der Waals surface area (Å²) < 4.78 is 54.3.